The molecular weight excluding hydrogens is 156 g/mol. The Balaban J connectivity index is -0.000000107. The largest absolute Gasteiger partial charge is 2.00 e. The van der Waals surface area contributed by atoms with Crippen molar-refractivity contribution in [3.8, 4) is 0 Å². The summed E-state index contributed by atoms with van der Waals surface area (Å²) in [5.74, 6) is -0.675. The quantitative estimate of drug-likeness (QED) is 0.508. The predicted molar refractivity (Wildman–Crippen MR) is 44.4 cm³/mol. The summed E-state index contributed by atoms with van der Waals surface area (Å²) in [5.41, 5.74) is 0. The molecule has 0 bridgehead atoms. The summed E-state index contributed by atoms with van der Waals surface area (Å²) in [4.78, 5) is 9.96. The number of carbonyl (C=O) groups is 1. The number of rotatable bonds is 5. The molecule has 0 aliphatic heterocycles. The average Bonchev–Trinajstić information content (AvgIpc) is 1.80. The fraction of sp³-hybridized carbons (Fsp3) is 0.857. The molecule has 58 valence electrons. The molecule has 0 heterocycles. The molecule has 0 aliphatic carbocycles. The summed E-state index contributed by atoms with van der Waals surface area (Å²) >= 11 is 0. The van der Waals surface area contributed by atoms with Gasteiger partial charge in [-0.3, -0.25) is 4.79 Å². The number of unbranched alkanes of at least 4 members (excludes halogenated alkanes) is 3. The van der Waals surface area contributed by atoms with E-state index in [0.29, 0.717) is 6.42 Å². The fourth-order valence-corrected chi connectivity index (χ4v) is 0.703. The van der Waals surface area contributed by atoms with Gasteiger partial charge in [0.15, 0.2) is 0 Å². The molecule has 0 aromatic heterocycles. The van der Waals surface area contributed by atoms with E-state index in [4.69, 9.17) is 5.11 Å². The maximum atomic E-state index is 9.96. The van der Waals surface area contributed by atoms with Crippen LogP contribution in [0.2, 0.25) is 0 Å². The van der Waals surface area contributed by atoms with Crippen molar-refractivity contribution in [1.29, 1.82) is 0 Å². The number of hydrogen-bond donors (Lipinski definition) is 1. The van der Waals surface area contributed by atoms with Gasteiger partial charge in [-0.05, 0) is 6.42 Å². The van der Waals surface area contributed by atoms with Gasteiger partial charge >= 0.3 is 43.7 Å². The van der Waals surface area contributed by atoms with Gasteiger partial charge in [0.1, 0.15) is 0 Å². The number of aliphatic carboxylic acids is 1. The van der Waals surface area contributed by atoms with Crippen LogP contribution in [0.4, 0.5) is 0 Å². The van der Waals surface area contributed by atoms with E-state index in [0.717, 1.165) is 19.3 Å². The summed E-state index contributed by atoms with van der Waals surface area (Å²) in [7, 11) is 0. The SMILES string of the molecule is CCCCCCC(=O)O.[Ca+2].[H-].[H-]. The Bertz CT molecular complexity index is 91.5. The van der Waals surface area contributed by atoms with Gasteiger partial charge in [-0.15, -0.1) is 0 Å². The minimum Gasteiger partial charge on any atom is -1.00 e. The second kappa shape index (κ2) is 9.73. The molecule has 0 saturated heterocycles. The number of carboxylic acids is 1. The molecule has 0 aromatic rings. The topological polar surface area (TPSA) is 37.3 Å². The van der Waals surface area contributed by atoms with Crippen molar-refractivity contribution in [1.82, 2.24) is 0 Å². The summed E-state index contributed by atoms with van der Waals surface area (Å²) in [5, 5.41) is 8.21. The Morgan fingerprint density at radius 2 is 2.00 bits per heavy atom. The van der Waals surface area contributed by atoms with Gasteiger partial charge in [0.05, 0.1) is 0 Å². The van der Waals surface area contributed by atoms with E-state index in [-0.39, 0.29) is 40.6 Å². The second-order valence-electron chi connectivity index (χ2n) is 2.20. The fourth-order valence-electron chi connectivity index (χ4n) is 0.703. The molecule has 3 heteroatoms. The van der Waals surface area contributed by atoms with Crippen molar-refractivity contribution in [3.63, 3.8) is 0 Å². The zero-order valence-electron chi connectivity index (χ0n) is 8.60. The van der Waals surface area contributed by atoms with Crippen LogP contribution in [-0.2, 0) is 4.79 Å². The van der Waals surface area contributed by atoms with E-state index in [1.54, 1.807) is 0 Å². The van der Waals surface area contributed by atoms with Gasteiger partial charge in [-0.2, -0.15) is 0 Å². The van der Waals surface area contributed by atoms with Crippen molar-refractivity contribution >= 4 is 43.7 Å². The molecule has 2 nitrogen and oxygen atoms in total. The second-order valence-corrected chi connectivity index (χ2v) is 2.20. The van der Waals surface area contributed by atoms with Crippen LogP contribution in [0.5, 0.6) is 0 Å². The van der Waals surface area contributed by atoms with Gasteiger partial charge < -0.3 is 7.96 Å². The molecule has 0 saturated carbocycles. The maximum absolute atomic E-state index is 9.96. The van der Waals surface area contributed by atoms with Gasteiger partial charge in [-0.25, -0.2) is 0 Å². The Morgan fingerprint density at radius 3 is 2.40 bits per heavy atom. The first-order chi connectivity index (χ1) is 4.27. The molecule has 0 spiro atoms. The summed E-state index contributed by atoms with van der Waals surface area (Å²) in [6, 6.07) is 0. The molecule has 0 aliphatic rings. The summed E-state index contributed by atoms with van der Waals surface area (Å²) in [6.07, 6.45) is 4.55. The Kier molecular flexibility index (Phi) is 13.0. The van der Waals surface area contributed by atoms with Crippen LogP contribution >= 0.6 is 0 Å². The Hall–Kier alpha value is 0.730. The van der Waals surface area contributed by atoms with Gasteiger partial charge in [0, 0.05) is 6.42 Å². The smallest absolute Gasteiger partial charge is 1.00 e. The van der Waals surface area contributed by atoms with Crippen molar-refractivity contribution in [2.24, 2.45) is 0 Å². The average molecular weight is 172 g/mol. The molecule has 0 amide bonds. The van der Waals surface area contributed by atoms with Gasteiger partial charge in [-0.1, -0.05) is 26.2 Å². The molecule has 0 rings (SSSR count). The zero-order chi connectivity index (χ0) is 7.11. The third-order valence-corrected chi connectivity index (χ3v) is 1.24. The van der Waals surface area contributed by atoms with E-state index < -0.39 is 5.97 Å². The number of hydrogen-bond acceptors (Lipinski definition) is 1. The molecule has 0 atom stereocenters. The van der Waals surface area contributed by atoms with Crippen LogP contribution < -0.4 is 0 Å². The van der Waals surface area contributed by atoms with E-state index in [1.807, 2.05) is 0 Å². The van der Waals surface area contributed by atoms with E-state index in [1.165, 1.54) is 6.42 Å². The Labute approximate surface area is 95.0 Å². The van der Waals surface area contributed by atoms with Crippen LogP contribution in [0.25, 0.3) is 0 Å². The third-order valence-electron chi connectivity index (χ3n) is 1.24. The molecule has 0 aromatic carbocycles. The van der Waals surface area contributed by atoms with Crippen molar-refractivity contribution in [2.75, 3.05) is 0 Å². The van der Waals surface area contributed by atoms with E-state index in [9.17, 15) is 4.79 Å². The van der Waals surface area contributed by atoms with Crippen LogP contribution in [0, 0.1) is 0 Å². The molecule has 10 heavy (non-hydrogen) atoms. The summed E-state index contributed by atoms with van der Waals surface area (Å²) in [6.45, 7) is 2.11. The molecule has 0 unspecified atom stereocenters. The van der Waals surface area contributed by atoms with E-state index >= 15 is 0 Å². The van der Waals surface area contributed by atoms with Crippen LogP contribution in [0.15, 0.2) is 0 Å². The maximum Gasteiger partial charge on any atom is 2.00 e. The standard InChI is InChI=1S/C7H14O2.Ca.2H/c1-2-3-4-5-6-7(8)9;;;/h2-6H2,1H3,(H,8,9);;;/q;+2;2*-1. The minimum atomic E-state index is -0.675. The Morgan fingerprint density at radius 1 is 1.40 bits per heavy atom. The molecular formula is C7H16CaO2. The normalized spacial score (nSPS) is 8.50. The van der Waals surface area contributed by atoms with Crippen LogP contribution in [0.1, 0.15) is 41.9 Å². The van der Waals surface area contributed by atoms with E-state index in [2.05, 4.69) is 6.92 Å². The van der Waals surface area contributed by atoms with Crippen LogP contribution in [0.3, 0.4) is 0 Å². The first-order valence-corrected chi connectivity index (χ1v) is 3.49. The molecule has 1 N–H and O–H groups in total. The van der Waals surface area contributed by atoms with Crippen molar-refractivity contribution in [2.45, 2.75) is 39.0 Å². The van der Waals surface area contributed by atoms with Crippen molar-refractivity contribution < 1.29 is 12.8 Å². The first kappa shape index (κ1) is 13.3. The number of carboxylic acid groups (broad SMARTS) is 1. The van der Waals surface area contributed by atoms with Gasteiger partial charge in [0.2, 0.25) is 0 Å². The first-order valence-electron chi connectivity index (χ1n) is 3.49. The molecule has 0 radical (unpaired) electrons. The van der Waals surface area contributed by atoms with Crippen LogP contribution in [-0.4, -0.2) is 48.8 Å². The minimum absolute atomic E-state index is 0. The van der Waals surface area contributed by atoms with Crippen molar-refractivity contribution in [3.05, 3.63) is 0 Å². The predicted octanol–water partition coefficient (Wildman–Crippen LogP) is 1.89. The summed E-state index contributed by atoms with van der Waals surface area (Å²) < 4.78 is 0. The molecule has 0 fully saturated rings. The zero-order valence-corrected chi connectivity index (χ0v) is 8.81. The third kappa shape index (κ3) is 11.5. The van der Waals surface area contributed by atoms with Gasteiger partial charge in [0.25, 0.3) is 0 Å². The monoisotopic (exact) mass is 172 g/mol.